The van der Waals surface area contributed by atoms with Gasteiger partial charge in [0.1, 0.15) is 0 Å². The van der Waals surface area contributed by atoms with Crippen LogP contribution in [-0.2, 0) is 10.0 Å². The van der Waals surface area contributed by atoms with E-state index in [4.69, 9.17) is 5.73 Å². The standard InChI is InChI=1S/C14H23N3O2S/c1-11-8-13(4-5-14(11)15)20(18,19)17(3)10-12-6-7-16(2)9-12/h4-5,8,12H,6-7,9-10,15H2,1-3H3. The second-order valence-electron chi connectivity index (χ2n) is 5.72. The van der Waals surface area contributed by atoms with Gasteiger partial charge in [-0.15, -0.1) is 0 Å². The lowest BCUT2D eigenvalue weighted by Gasteiger charge is -2.21. The van der Waals surface area contributed by atoms with E-state index in [1.54, 1.807) is 25.2 Å². The number of anilines is 1. The summed E-state index contributed by atoms with van der Waals surface area (Å²) in [5, 5.41) is 0. The summed E-state index contributed by atoms with van der Waals surface area (Å²) in [5.74, 6) is 0.412. The SMILES string of the molecule is Cc1cc(S(=O)(=O)N(C)CC2CCN(C)C2)ccc1N. The minimum Gasteiger partial charge on any atom is -0.399 e. The van der Waals surface area contributed by atoms with Crippen molar-refractivity contribution in [3.05, 3.63) is 23.8 Å². The lowest BCUT2D eigenvalue weighted by molar-refractivity contribution is 0.357. The van der Waals surface area contributed by atoms with Crippen molar-refractivity contribution in [3.8, 4) is 0 Å². The Labute approximate surface area is 121 Å². The summed E-state index contributed by atoms with van der Waals surface area (Å²) in [6.07, 6.45) is 1.05. The highest BCUT2D eigenvalue weighted by atomic mass is 32.2. The molecule has 0 aromatic heterocycles. The molecule has 112 valence electrons. The second kappa shape index (κ2) is 5.71. The summed E-state index contributed by atoms with van der Waals surface area (Å²) in [6, 6.07) is 4.87. The average molecular weight is 297 g/mol. The quantitative estimate of drug-likeness (QED) is 0.847. The first-order valence-corrected chi connectivity index (χ1v) is 8.25. The number of rotatable bonds is 4. The number of sulfonamides is 1. The van der Waals surface area contributed by atoms with Crippen LogP contribution >= 0.6 is 0 Å². The smallest absolute Gasteiger partial charge is 0.242 e. The molecule has 1 heterocycles. The number of hydrogen-bond donors (Lipinski definition) is 1. The Morgan fingerprint density at radius 2 is 2.15 bits per heavy atom. The predicted octanol–water partition coefficient (Wildman–Crippen LogP) is 1.15. The van der Waals surface area contributed by atoms with Gasteiger partial charge in [-0.25, -0.2) is 12.7 Å². The summed E-state index contributed by atoms with van der Waals surface area (Å²) >= 11 is 0. The molecule has 1 atom stereocenters. The fourth-order valence-corrected chi connectivity index (χ4v) is 3.96. The van der Waals surface area contributed by atoms with Gasteiger partial charge < -0.3 is 10.6 Å². The van der Waals surface area contributed by atoms with Crippen molar-refractivity contribution in [1.29, 1.82) is 0 Å². The fraction of sp³-hybridized carbons (Fsp3) is 0.571. The molecule has 0 spiro atoms. The first-order valence-electron chi connectivity index (χ1n) is 6.81. The molecule has 0 aliphatic carbocycles. The number of likely N-dealkylation sites (tertiary alicyclic amines) is 1. The molecule has 1 unspecified atom stereocenters. The minimum atomic E-state index is -3.42. The molecule has 0 radical (unpaired) electrons. The van der Waals surface area contributed by atoms with E-state index in [2.05, 4.69) is 11.9 Å². The van der Waals surface area contributed by atoms with Gasteiger partial charge >= 0.3 is 0 Å². The van der Waals surface area contributed by atoms with Gasteiger partial charge in [0, 0.05) is 25.8 Å². The number of hydrogen-bond acceptors (Lipinski definition) is 4. The number of nitrogens with two attached hydrogens (primary N) is 1. The normalized spacial score (nSPS) is 20.7. The first-order chi connectivity index (χ1) is 9.30. The van der Waals surface area contributed by atoms with E-state index in [-0.39, 0.29) is 0 Å². The highest BCUT2D eigenvalue weighted by Gasteiger charge is 2.27. The average Bonchev–Trinajstić information content (AvgIpc) is 2.78. The largest absolute Gasteiger partial charge is 0.399 e. The van der Waals surface area contributed by atoms with Crippen LogP contribution in [-0.4, -0.2) is 51.4 Å². The van der Waals surface area contributed by atoms with E-state index in [1.807, 2.05) is 6.92 Å². The van der Waals surface area contributed by atoms with Crippen LogP contribution in [0.3, 0.4) is 0 Å². The van der Waals surface area contributed by atoms with Crippen molar-refractivity contribution in [3.63, 3.8) is 0 Å². The Bertz CT molecular complexity index is 586. The Hall–Kier alpha value is -1.11. The molecule has 1 saturated heterocycles. The Kier molecular flexibility index (Phi) is 4.36. The van der Waals surface area contributed by atoms with E-state index >= 15 is 0 Å². The Morgan fingerprint density at radius 3 is 2.70 bits per heavy atom. The van der Waals surface area contributed by atoms with Crippen molar-refractivity contribution in [2.45, 2.75) is 18.2 Å². The molecule has 1 aromatic rings. The van der Waals surface area contributed by atoms with Gasteiger partial charge in [-0.2, -0.15) is 0 Å². The Morgan fingerprint density at radius 1 is 1.45 bits per heavy atom. The van der Waals surface area contributed by atoms with Crippen LogP contribution in [0.4, 0.5) is 5.69 Å². The molecule has 1 fully saturated rings. The molecule has 2 N–H and O–H groups in total. The van der Waals surface area contributed by atoms with Crippen LogP contribution in [0.5, 0.6) is 0 Å². The molecule has 1 aliphatic rings. The maximum atomic E-state index is 12.5. The van der Waals surface area contributed by atoms with Gasteiger partial charge in [0.2, 0.25) is 10.0 Å². The third-order valence-electron chi connectivity index (χ3n) is 3.95. The zero-order valence-electron chi connectivity index (χ0n) is 12.3. The van der Waals surface area contributed by atoms with Crippen LogP contribution < -0.4 is 5.73 Å². The number of nitrogen functional groups attached to an aromatic ring is 1. The van der Waals surface area contributed by atoms with E-state index in [0.29, 0.717) is 23.0 Å². The van der Waals surface area contributed by atoms with Gasteiger partial charge in [0.05, 0.1) is 4.90 Å². The van der Waals surface area contributed by atoms with E-state index in [0.717, 1.165) is 25.1 Å². The van der Waals surface area contributed by atoms with E-state index in [9.17, 15) is 8.42 Å². The van der Waals surface area contributed by atoms with Gasteiger partial charge in [0.25, 0.3) is 0 Å². The lowest BCUT2D eigenvalue weighted by Crippen LogP contribution is -2.33. The van der Waals surface area contributed by atoms with E-state index in [1.165, 1.54) is 4.31 Å². The van der Waals surface area contributed by atoms with Gasteiger partial charge in [0.15, 0.2) is 0 Å². The van der Waals surface area contributed by atoms with Crippen molar-refractivity contribution in [2.75, 3.05) is 39.5 Å². The lowest BCUT2D eigenvalue weighted by atomic mass is 10.1. The van der Waals surface area contributed by atoms with Crippen molar-refractivity contribution in [1.82, 2.24) is 9.21 Å². The maximum absolute atomic E-state index is 12.5. The molecule has 5 nitrogen and oxygen atoms in total. The minimum absolute atomic E-state index is 0.318. The van der Waals surface area contributed by atoms with Crippen molar-refractivity contribution < 1.29 is 8.42 Å². The molecule has 6 heteroatoms. The Balaban J connectivity index is 2.14. The molecule has 1 aromatic carbocycles. The molecule has 0 amide bonds. The van der Waals surface area contributed by atoms with Crippen molar-refractivity contribution in [2.24, 2.45) is 5.92 Å². The van der Waals surface area contributed by atoms with Crippen LogP contribution in [0.1, 0.15) is 12.0 Å². The maximum Gasteiger partial charge on any atom is 0.242 e. The molecular formula is C14H23N3O2S. The van der Waals surface area contributed by atoms with Crippen LogP contribution in [0.15, 0.2) is 23.1 Å². The third kappa shape index (κ3) is 3.13. The summed E-state index contributed by atoms with van der Waals surface area (Å²) in [6.45, 7) is 4.39. The number of nitrogens with zero attached hydrogens (tertiary/aromatic N) is 2. The summed E-state index contributed by atoms with van der Waals surface area (Å²) in [7, 11) is 0.295. The molecule has 1 aliphatic heterocycles. The highest BCUT2D eigenvalue weighted by Crippen LogP contribution is 2.22. The van der Waals surface area contributed by atoms with Gasteiger partial charge in [-0.1, -0.05) is 0 Å². The third-order valence-corrected chi connectivity index (χ3v) is 5.77. The van der Waals surface area contributed by atoms with Crippen molar-refractivity contribution >= 4 is 15.7 Å². The molecule has 0 saturated carbocycles. The first kappa shape index (κ1) is 15.3. The highest BCUT2D eigenvalue weighted by molar-refractivity contribution is 7.89. The predicted molar refractivity (Wildman–Crippen MR) is 81.0 cm³/mol. The molecular weight excluding hydrogens is 274 g/mol. The number of aryl methyl sites for hydroxylation is 1. The monoisotopic (exact) mass is 297 g/mol. The zero-order chi connectivity index (χ0) is 14.9. The molecule has 2 rings (SSSR count). The fourth-order valence-electron chi connectivity index (χ4n) is 2.63. The summed E-state index contributed by atoms with van der Waals surface area (Å²) < 4.78 is 26.5. The van der Waals surface area contributed by atoms with Crippen LogP contribution in [0, 0.1) is 12.8 Å². The van der Waals surface area contributed by atoms with Crippen LogP contribution in [0.2, 0.25) is 0 Å². The van der Waals surface area contributed by atoms with Crippen LogP contribution in [0.25, 0.3) is 0 Å². The molecule has 20 heavy (non-hydrogen) atoms. The summed E-state index contributed by atoms with van der Waals surface area (Å²) in [4.78, 5) is 2.55. The van der Waals surface area contributed by atoms with Gasteiger partial charge in [-0.05, 0) is 56.6 Å². The second-order valence-corrected chi connectivity index (χ2v) is 7.77. The summed E-state index contributed by atoms with van der Waals surface area (Å²) in [5.41, 5.74) is 7.15. The topological polar surface area (TPSA) is 66.6 Å². The van der Waals surface area contributed by atoms with E-state index < -0.39 is 10.0 Å². The van der Waals surface area contributed by atoms with Gasteiger partial charge in [-0.3, -0.25) is 0 Å². The number of benzene rings is 1. The molecule has 0 bridgehead atoms. The zero-order valence-corrected chi connectivity index (χ0v) is 13.2.